The van der Waals surface area contributed by atoms with Crippen LogP contribution in [0, 0.1) is 5.92 Å². The molecule has 0 aliphatic carbocycles. The van der Waals surface area contributed by atoms with Crippen molar-refractivity contribution in [2.75, 3.05) is 6.61 Å². The van der Waals surface area contributed by atoms with Crippen LogP contribution in [0.5, 0.6) is 11.5 Å². The van der Waals surface area contributed by atoms with Crippen molar-refractivity contribution in [3.05, 3.63) is 23.8 Å². The van der Waals surface area contributed by atoms with E-state index in [0.717, 1.165) is 0 Å². The summed E-state index contributed by atoms with van der Waals surface area (Å²) >= 11 is 0. The molecular weight excluding hydrogens is 204 g/mol. The molecule has 0 amide bonds. The molecule has 0 aromatic heterocycles. The van der Waals surface area contributed by atoms with E-state index >= 15 is 0 Å². The zero-order valence-electron chi connectivity index (χ0n) is 9.99. The van der Waals surface area contributed by atoms with Gasteiger partial charge < -0.3 is 9.84 Å². The van der Waals surface area contributed by atoms with E-state index in [1.807, 2.05) is 0 Å². The van der Waals surface area contributed by atoms with Gasteiger partial charge in [-0.3, -0.25) is 4.79 Å². The number of carbonyl (C=O) groups is 1. The van der Waals surface area contributed by atoms with Crippen molar-refractivity contribution in [3.8, 4) is 11.5 Å². The van der Waals surface area contributed by atoms with Crippen LogP contribution in [0.1, 0.15) is 37.6 Å². The van der Waals surface area contributed by atoms with Crippen molar-refractivity contribution in [2.45, 2.75) is 27.2 Å². The van der Waals surface area contributed by atoms with Crippen LogP contribution in [0.3, 0.4) is 0 Å². The maximum atomic E-state index is 11.5. The molecule has 1 rings (SSSR count). The Morgan fingerprint density at radius 1 is 1.44 bits per heavy atom. The number of benzene rings is 1. The fourth-order valence-electron chi connectivity index (χ4n) is 1.28. The van der Waals surface area contributed by atoms with E-state index in [-0.39, 0.29) is 11.5 Å². The Kier molecular flexibility index (Phi) is 4.35. The standard InChI is InChI=1S/C13H18O3/c1-4-12(14)11-7-10(5-6-13(11)15)16-8-9(2)3/h5-7,9,15H,4,8H2,1-3H3. The van der Waals surface area contributed by atoms with Crippen molar-refractivity contribution in [1.29, 1.82) is 0 Å². The predicted octanol–water partition coefficient (Wildman–Crippen LogP) is 3.02. The molecular formula is C13H18O3. The van der Waals surface area contributed by atoms with Crippen LogP contribution in [-0.2, 0) is 0 Å². The second-order valence-electron chi connectivity index (χ2n) is 4.16. The van der Waals surface area contributed by atoms with Gasteiger partial charge in [-0.05, 0) is 24.1 Å². The number of ketones is 1. The highest BCUT2D eigenvalue weighted by Gasteiger charge is 2.10. The van der Waals surface area contributed by atoms with Crippen molar-refractivity contribution in [3.63, 3.8) is 0 Å². The third-order valence-corrected chi connectivity index (χ3v) is 2.17. The maximum Gasteiger partial charge on any atom is 0.166 e. The van der Waals surface area contributed by atoms with Gasteiger partial charge in [0.15, 0.2) is 5.78 Å². The summed E-state index contributed by atoms with van der Waals surface area (Å²) in [5.41, 5.74) is 0.337. The second-order valence-corrected chi connectivity index (χ2v) is 4.16. The summed E-state index contributed by atoms with van der Waals surface area (Å²) in [6.07, 6.45) is 0.376. The number of rotatable bonds is 5. The molecule has 3 heteroatoms. The first-order chi connectivity index (χ1) is 7.54. The topological polar surface area (TPSA) is 46.5 Å². The Morgan fingerprint density at radius 2 is 2.12 bits per heavy atom. The van der Waals surface area contributed by atoms with Crippen molar-refractivity contribution in [1.82, 2.24) is 0 Å². The van der Waals surface area contributed by atoms with Crippen LogP contribution in [0.15, 0.2) is 18.2 Å². The first kappa shape index (κ1) is 12.6. The lowest BCUT2D eigenvalue weighted by atomic mass is 10.1. The molecule has 3 nitrogen and oxygen atoms in total. The molecule has 0 bridgehead atoms. The number of aromatic hydroxyl groups is 1. The Balaban J connectivity index is 2.85. The minimum absolute atomic E-state index is 0.0174. The van der Waals surface area contributed by atoms with E-state index < -0.39 is 0 Å². The van der Waals surface area contributed by atoms with Crippen LogP contribution >= 0.6 is 0 Å². The molecule has 0 saturated heterocycles. The highest BCUT2D eigenvalue weighted by Crippen LogP contribution is 2.24. The van der Waals surface area contributed by atoms with Gasteiger partial charge in [0.1, 0.15) is 11.5 Å². The zero-order chi connectivity index (χ0) is 12.1. The van der Waals surface area contributed by atoms with Gasteiger partial charge >= 0.3 is 0 Å². The Labute approximate surface area is 96.1 Å². The summed E-state index contributed by atoms with van der Waals surface area (Å²) in [5, 5.41) is 9.54. The minimum atomic E-state index is -0.0764. The van der Waals surface area contributed by atoms with E-state index in [4.69, 9.17) is 4.74 Å². The van der Waals surface area contributed by atoms with E-state index in [1.54, 1.807) is 19.1 Å². The fraction of sp³-hybridized carbons (Fsp3) is 0.462. The molecule has 0 unspecified atom stereocenters. The van der Waals surface area contributed by atoms with Crippen molar-refractivity contribution >= 4 is 5.78 Å². The van der Waals surface area contributed by atoms with Crippen LogP contribution in [0.25, 0.3) is 0 Å². The highest BCUT2D eigenvalue weighted by molar-refractivity contribution is 5.98. The van der Waals surface area contributed by atoms with Gasteiger partial charge in [-0.1, -0.05) is 20.8 Å². The number of carbonyl (C=O) groups excluding carboxylic acids is 1. The lowest BCUT2D eigenvalue weighted by molar-refractivity contribution is 0.0985. The SMILES string of the molecule is CCC(=O)c1cc(OCC(C)C)ccc1O. The molecule has 16 heavy (non-hydrogen) atoms. The van der Waals surface area contributed by atoms with Gasteiger partial charge in [-0.15, -0.1) is 0 Å². The predicted molar refractivity (Wildman–Crippen MR) is 63.1 cm³/mol. The van der Waals surface area contributed by atoms with Gasteiger partial charge in [0.2, 0.25) is 0 Å². The number of phenolic OH excluding ortho intramolecular Hbond substituents is 1. The van der Waals surface area contributed by atoms with Crippen LogP contribution in [-0.4, -0.2) is 17.5 Å². The quantitative estimate of drug-likeness (QED) is 0.779. The molecule has 0 radical (unpaired) electrons. The maximum absolute atomic E-state index is 11.5. The monoisotopic (exact) mass is 222 g/mol. The molecule has 1 N–H and O–H groups in total. The highest BCUT2D eigenvalue weighted by atomic mass is 16.5. The van der Waals surface area contributed by atoms with E-state index in [2.05, 4.69) is 13.8 Å². The average Bonchev–Trinajstić information content (AvgIpc) is 2.27. The van der Waals surface area contributed by atoms with Gasteiger partial charge in [-0.25, -0.2) is 0 Å². The van der Waals surface area contributed by atoms with E-state index in [1.165, 1.54) is 6.07 Å². The van der Waals surface area contributed by atoms with E-state index in [9.17, 15) is 9.90 Å². The Hall–Kier alpha value is -1.51. The number of ether oxygens (including phenoxy) is 1. The first-order valence-corrected chi connectivity index (χ1v) is 5.53. The molecule has 0 spiro atoms. The molecule has 0 aliphatic heterocycles. The first-order valence-electron chi connectivity index (χ1n) is 5.53. The molecule has 0 heterocycles. The van der Waals surface area contributed by atoms with Crippen molar-refractivity contribution in [2.24, 2.45) is 5.92 Å². The summed E-state index contributed by atoms with van der Waals surface area (Å²) in [6, 6.07) is 4.77. The summed E-state index contributed by atoms with van der Waals surface area (Å²) in [7, 11) is 0. The largest absolute Gasteiger partial charge is 0.507 e. The lowest BCUT2D eigenvalue weighted by Gasteiger charge is -2.10. The van der Waals surface area contributed by atoms with Gasteiger partial charge in [-0.2, -0.15) is 0 Å². The normalized spacial score (nSPS) is 10.5. The average molecular weight is 222 g/mol. The third kappa shape index (κ3) is 3.26. The van der Waals surface area contributed by atoms with E-state index in [0.29, 0.717) is 30.3 Å². The van der Waals surface area contributed by atoms with Crippen LogP contribution < -0.4 is 4.74 Å². The summed E-state index contributed by atoms with van der Waals surface area (Å²) in [4.78, 5) is 11.5. The van der Waals surface area contributed by atoms with Gasteiger partial charge in [0.05, 0.1) is 12.2 Å². The van der Waals surface area contributed by atoms with Crippen LogP contribution in [0.4, 0.5) is 0 Å². The Morgan fingerprint density at radius 3 is 2.69 bits per heavy atom. The summed E-state index contributed by atoms with van der Waals surface area (Å²) in [6.45, 7) is 6.48. The molecule has 0 fully saturated rings. The fourth-order valence-corrected chi connectivity index (χ4v) is 1.28. The second kappa shape index (κ2) is 5.54. The van der Waals surface area contributed by atoms with Crippen molar-refractivity contribution < 1.29 is 14.6 Å². The summed E-state index contributed by atoms with van der Waals surface area (Å²) in [5.74, 6) is 0.999. The zero-order valence-corrected chi connectivity index (χ0v) is 9.99. The van der Waals surface area contributed by atoms with Gasteiger partial charge in [0.25, 0.3) is 0 Å². The third-order valence-electron chi connectivity index (χ3n) is 2.17. The number of hydrogen-bond donors (Lipinski definition) is 1. The number of hydrogen-bond acceptors (Lipinski definition) is 3. The molecule has 1 aromatic rings. The molecule has 0 aliphatic rings. The smallest absolute Gasteiger partial charge is 0.166 e. The Bertz CT molecular complexity index is 369. The number of phenols is 1. The minimum Gasteiger partial charge on any atom is -0.507 e. The lowest BCUT2D eigenvalue weighted by Crippen LogP contribution is -2.05. The van der Waals surface area contributed by atoms with Crippen LogP contribution in [0.2, 0.25) is 0 Å². The number of Topliss-reactive ketones (excluding diaryl/α,β-unsaturated/α-hetero) is 1. The molecule has 0 saturated carbocycles. The molecule has 88 valence electrons. The molecule has 0 atom stereocenters. The molecule has 1 aromatic carbocycles. The van der Waals surface area contributed by atoms with Gasteiger partial charge in [0, 0.05) is 6.42 Å². The summed E-state index contributed by atoms with van der Waals surface area (Å²) < 4.78 is 5.49.